The first-order chi connectivity index (χ1) is 14.2. The molecule has 30 heavy (non-hydrogen) atoms. The molecule has 6 unspecified atom stereocenters. The van der Waals surface area contributed by atoms with Crippen molar-refractivity contribution in [1.82, 2.24) is 0 Å². The van der Waals surface area contributed by atoms with Gasteiger partial charge in [0, 0.05) is 11.8 Å². The van der Waals surface area contributed by atoms with Crippen molar-refractivity contribution in [3.8, 4) is 0 Å². The van der Waals surface area contributed by atoms with Gasteiger partial charge in [0.25, 0.3) is 0 Å². The fourth-order valence-electron chi connectivity index (χ4n) is 5.85. The molecule has 0 aliphatic heterocycles. The topological polar surface area (TPSA) is 147 Å². The van der Waals surface area contributed by atoms with Crippen LogP contribution in [0.4, 0.5) is 0 Å². The second-order valence-corrected chi connectivity index (χ2v) is 9.42. The Kier molecular flexibility index (Phi) is 8.27. The first-order valence-electron chi connectivity index (χ1n) is 11.1. The number of aliphatic carboxylic acids is 2. The van der Waals surface area contributed by atoms with Gasteiger partial charge in [0.05, 0.1) is 24.5 Å². The summed E-state index contributed by atoms with van der Waals surface area (Å²) >= 11 is 0. The smallest absolute Gasteiger partial charge is 0.310 e. The molecule has 6 atom stereocenters. The lowest BCUT2D eigenvalue weighted by Crippen LogP contribution is -2.52. The van der Waals surface area contributed by atoms with E-state index < -0.39 is 28.7 Å². The third kappa shape index (κ3) is 4.64. The highest BCUT2D eigenvalue weighted by Crippen LogP contribution is 2.65. The van der Waals surface area contributed by atoms with Gasteiger partial charge >= 0.3 is 17.9 Å². The number of unbranched alkanes of at least 4 members (excludes halogenated alkanes) is 2. The molecule has 2 aliphatic carbocycles. The highest BCUT2D eigenvalue weighted by atomic mass is 16.5. The Morgan fingerprint density at radius 1 is 1.17 bits per heavy atom. The lowest BCUT2D eigenvalue weighted by Gasteiger charge is -2.46. The number of hydrogen-bond donors (Lipinski definition) is 4. The van der Waals surface area contributed by atoms with Gasteiger partial charge in [-0.15, -0.1) is 0 Å². The average molecular weight is 428 g/mol. The maximum absolute atomic E-state index is 12.5. The molecule has 0 spiro atoms. The molecule has 2 saturated carbocycles. The van der Waals surface area contributed by atoms with Crippen LogP contribution in [0.3, 0.4) is 0 Å². The van der Waals surface area contributed by atoms with Crippen LogP contribution in [0.25, 0.3) is 0 Å². The molecular formula is C22H37NO7. The highest BCUT2D eigenvalue weighted by Gasteiger charge is 2.68. The number of nitrogens with two attached hydrogens (primary N) is 1. The Morgan fingerprint density at radius 2 is 1.87 bits per heavy atom. The third-order valence-corrected chi connectivity index (χ3v) is 7.70. The van der Waals surface area contributed by atoms with Gasteiger partial charge in [0.2, 0.25) is 0 Å². The van der Waals surface area contributed by atoms with Gasteiger partial charge in [0.1, 0.15) is 0 Å². The van der Waals surface area contributed by atoms with E-state index in [9.17, 15) is 29.7 Å². The van der Waals surface area contributed by atoms with Crippen LogP contribution in [0.5, 0.6) is 0 Å². The largest absolute Gasteiger partial charge is 0.481 e. The van der Waals surface area contributed by atoms with Crippen molar-refractivity contribution in [2.45, 2.75) is 65.2 Å². The predicted octanol–water partition coefficient (Wildman–Crippen LogP) is 2.28. The fourth-order valence-corrected chi connectivity index (χ4v) is 5.85. The van der Waals surface area contributed by atoms with Crippen LogP contribution in [-0.2, 0) is 19.1 Å². The molecule has 2 aliphatic rings. The predicted molar refractivity (Wildman–Crippen MR) is 109 cm³/mol. The zero-order chi connectivity index (χ0) is 22.5. The molecule has 0 aromatic carbocycles. The minimum atomic E-state index is -1.45. The third-order valence-electron chi connectivity index (χ3n) is 7.70. The molecule has 2 fully saturated rings. The van der Waals surface area contributed by atoms with Crippen LogP contribution >= 0.6 is 0 Å². The number of ether oxygens (including phenoxy) is 1. The number of carboxylic acid groups (broad SMARTS) is 2. The molecular weight excluding hydrogens is 390 g/mol. The van der Waals surface area contributed by atoms with Crippen molar-refractivity contribution in [3.05, 3.63) is 0 Å². The minimum absolute atomic E-state index is 0.00631. The lowest BCUT2D eigenvalue weighted by atomic mass is 9.57. The van der Waals surface area contributed by atoms with Gasteiger partial charge in [-0.05, 0) is 62.8 Å². The fraction of sp³-hybridized carbons (Fsp3) is 0.864. The van der Waals surface area contributed by atoms with Crippen molar-refractivity contribution in [3.63, 3.8) is 0 Å². The van der Waals surface area contributed by atoms with Gasteiger partial charge in [-0.3, -0.25) is 14.4 Å². The second kappa shape index (κ2) is 10.1. The normalized spacial score (nSPS) is 32.0. The molecule has 0 radical (unpaired) electrons. The van der Waals surface area contributed by atoms with Crippen LogP contribution in [0, 0.1) is 34.5 Å². The molecule has 0 amide bonds. The first-order valence-corrected chi connectivity index (χ1v) is 11.1. The zero-order valence-corrected chi connectivity index (χ0v) is 18.1. The van der Waals surface area contributed by atoms with E-state index in [0.29, 0.717) is 32.2 Å². The molecule has 5 N–H and O–H groups in total. The first kappa shape index (κ1) is 24.6. The van der Waals surface area contributed by atoms with E-state index in [1.807, 2.05) is 13.8 Å². The molecule has 2 rings (SSSR count). The number of aliphatic hydroxyl groups excluding tert-OH is 1. The lowest BCUT2D eigenvalue weighted by molar-refractivity contribution is -0.175. The van der Waals surface area contributed by atoms with Gasteiger partial charge in [-0.2, -0.15) is 0 Å². The zero-order valence-electron chi connectivity index (χ0n) is 18.1. The van der Waals surface area contributed by atoms with Gasteiger partial charge in [0.15, 0.2) is 0 Å². The summed E-state index contributed by atoms with van der Waals surface area (Å²) in [6, 6.07) is 0. The monoisotopic (exact) mass is 427 g/mol. The summed E-state index contributed by atoms with van der Waals surface area (Å²) in [7, 11) is 0. The number of carbonyl (C=O) groups excluding carboxylic acids is 1. The summed E-state index contributed by atoms with van der Waals surface area (Å²) < 4.78 is 5.43. The Balaban J connectivity index is 2.19. The van der Waals surface area contributed by atoms with Crippen molar-refractivity contribution in [2.75, 3.05) is 19.8 Å². The molecule has 0 aromatic heterocycles. The number of rotatable bonds is 13. The highest BCUT2D eigenvalue weighted by molar-refractivity contribution is 5.85. The van der Waals surface area contributed by atoms with Gasteiger partial charge in [-0.1, -0.05) is 20.3 Å². The summed E-state index contributed by atoms with van der Waals surface area (Å²) in [4.78, 5) is 36.8. The Labute approximate surface area is 178 Å². The van der Waals surface area contributed by atoms with Crippen LogP contribution < -0.4 is 5.73 Å². The quantitative estimate of drug-likeness (QED) is 0.258. The summed E-state index contributed by atoms with van der Waals surface area (Å²) in [5.41, 5.74) is 3.02. The van der Waals surface area contributed by atoms with E-state index in [-0.39, 0.29) is 49.8 Å². The van der Waals surface area contributed by atoms with E-state index in [2.05, 4.69) is 0 Å². The maximum Gasteiger partial charge on any atom is 0.310 e. The van der Waals surface area contributed by atoms with Crippen molar-refractivity contribution < 1.29 is 34.4 Å². The number of carboxylic acids is 2. The molecule has 2 bridgehead atoms. The average Bonchev–Trinajstić information content (AvgIpc) is 3.23. The second-order valence-electron chi connectivity index (χ2n) is 9.42. The number of fused-ring (bicyclic) bond motifs is 2. The molecule has 0 heterocycles. The molecule has 0 saturated heterocycles. The Bertz CT molecular complexity index is 633. The summed E-state index contributed by atoms with van der Waals surface area (Å²) in [5, 5.41) is 30.3. The van der Waals surface area contributed by atoms with E-state index in [1.54, 1.807) is 0 Å². The van der Waals surface area contributed by atoms with Crippen LogP contribution in [0.2, 0.25) is 0 Å². The summed E-state index contributed by atoms with van der Waals surface area (Å²) in [5.74, 6) is -3.85. The SMILES string of the molecule is CCC(CO)(COC(=O)CCCCCN)CC1(C(=O)O)C2CC(C)C(C2)C1C(=O)O. The molecule has 0 aromatic rings. The van der Waals surface area contributed by atoms with Crippen LogP contribution in [0.15, 0.2) is 0 Å². The summed E-state index contributed by atoms with van der Waals surface area (Å²) in [6.07, 6.45) is 4.20. The number of esters is 1. The van der Waals surface area contributed by atoms with E-state index in [0.717, 1.165) is 12.8 Å². The minimum Gasteiger partial charge on any atom is -0.481 e. The van der Waals surface area contributed by atoms with Crippen molar-refractivity contribution >= 4 is 17.9 Å². The van der Waals surface area contributed by atoms with E-state index >= 15 is 0 Å². The van der Waals surface area contributed by atoms with Crippen molar-refractivity contribution in [2.24, 2.45) is 40.2 Å². The number of hydrogen-bond acceptors (Lipinski definition) is 6. The van der Waals surface area contributed by atoms with Gasteiger partial charge < -0.3 is 25.8 Å². The van der Waals surface area contributed by atoms with Crippen LogP contribution in [0.1, 0.15) is 65.2 Å². The Hall–Kier alpha value is -1.67. The molecule has 8 heteroatoms. The molecule has 172 valence electrons. The van der Waals surface area contributed by atoms with Crippen LogP contribution in [-0.4, -0.2) is 53.0 Å². The standard InChI is InChI=1S/C22H37NO7/c1-3-21(12-24,13-30-17(25)7-5-4-6-8-23)11-22(20(28)29)15-9-14(2)16(10-15)18(22)19(26)27/h14-16,18,24H,3-13,23H2,1-2H3,(H,26,27)(H,28,29). The maximum atomic E-state index is 12.5. The summed E-state index contributed by atoms with van der Waals surface area (Å²) in [6.45, 7) is 3.90. The Morgan fingerprint density at radius 3 is 2.40 bits per heavy atom. The van der Waals surface area contributed by atoms with Gasteiger partial charge in [-0.25, -0.2) is 0 Å². The van der Waals surface area contributed by atoms with Crippen molar-refractivity contribution in [1.29, 1.82) is 0 Å². The molecule has 8 nitrogen and oxygen atoms in total. The van der Waals surface area contributed by atoms with E-state index in [1.165, 1.54) is 0 Å². The number of aliphatic hydroxyl groups is 1. The van der Waals surface area contributed by atoms with E-state index in [4.69, 9.17) is 10.5 Å². The number of carbonyl (C=O) groups is 3.